The molecule has 2 N–H and O–H groups in total. The van der Waals surface area contributed by atoms with E-state index in [4.69, 9.17) is 0 Å². The lowest BCUT2D eigenvalue weighted by Crippen LogP contribution is -2.17. The van der Waals surface area contributed by atoms with E-state index in [1.54, 1.807) is 30.5 Å². The van der Waals surface area contributed by atoms with E-state index in [9.17, 15) is 14.9 Å². The molecule has 40 heavy (non-hydrogen) atoms. The molecular weight excluding hydrogens is 524 g/mol. The van der Waals surface area contributed by atoms with E-state index in [1.165, 1.54) is 17.4 Å². The number of hydrazone groups is 1. The van der Waals surface area contributed by atoms with Gasteiger partial charge in [-0.2, -0.15) is 5.10 Å². The van der Waals surface area contributed by atoms with Gasteiger partial charge in [-0.05, 0) is 62.7 Å². The molecule has 0 aliphatic rings. The number of aryl methyl sites for hydroxylation is 2. The molecule has 10 heteroatoms. The molecule has 0 fully saturated rings. The van der Waals surface area contributed by atoms with Gasteiger partial charge in [0, 0.05) is 57.0 Å². The molecular formula is C30H26N6O3S. The monoisotopic (exact) mass is 550 g/mol. The van der Waals surface area contributed by atoms with Gasteiger partial charge in [0.1, 0.15) is 0 Å². The predicted octanol–water partition coefficient (Wildman–Crippen LogP) is 6.94. The highest BCUT2D eigenvalue weighted by molar-refractivity contribution is 7.14. The number of amides is 1. The molecule has 5 aromatic rings. The van der Waals surface area contributed by atoms with Gasteiger partial charge in [0.05, 0.1) is 16.8 Å². The third-order valence-corrected chi connectivity index (χ3v) is 7.20. The van der Waals surface area contributed by atoms with E-state index < -0.39 is 4.92 Å². The van der Waals surface area contributed by atoms with Crippen LogP contribution in [0.1, 0.15) is 32.9 Å². The molecule has 5 rings (SSSR count). The highest BCUT2D eigenvalue weighted by Gasteiger charge is 2.14. The molecule has 0 unspecified atom stereocenters. The Balaban J connectivity index is 1.22. The maximum atomic E-state index is 12.7. The summed E-state index contributed by atoms with van der Waals surface area (Å²) < 4.78 is 2.01. The number of nitrogens with one attached hydrogen (secondary N) is 2. The maximum absolute atomic E-state index is 12.7. The molecule has 9 nitrogen and oxygen atoms in total. The molecule has 2 aromatic heterocycles. The topological polar surface area (TPSA) is 114 Å². The molecule has 0 aliphatic carbocycles. The molecule has 200 valence electrons. The van der Waals surface area contributed by atoms with Gasteiger partial charge in [-0.25, -0.2) is 10.4 Å². The van der Waals surface area contributed by atoms with Crippen molar-refractivity contribution in [2.45, 2.75) is 20.8 Å². The van der Waals surface area contributed by atoms with Crippen molar-refractivity contribution >= 4 is 40.0 Å². The number of anilines is 2. The van der Waals surface area contributed by atoms with Crippen LogP contribution in [0.5, 0.6) is 0 Å². The van der Waals surface area contributed by atoms with Crippen LogP contribution in [0.3, 0.4) is 0 Å². The van der Waals surface area contributed by atoms with Crippen molar-refractivity contribution in [2.75, 3.05) is 5.32 Å². The fourth-order valence-electron chi connectivity index (χ4n) is 4.42. The summed E-state index contributed by atoms with van der Waals surface area (Å²) in [6, 6.07) is 23.8. The van der Waals surface area contributed by atoms with Gasteiger partial charge in [0.25, 0.3) is 11.6 Å². The zero-order valence-electron chi connectivity index (χ0n) is 22.1. The number of nitro groups is 1. The van der Waals surface area contributed by atoms with Crippen LogP contribution in [0.15, 0.2) is 89.3 Å². The second-order valence-electron chi connectivity index (χ2n) is 9.20. The summed E-state index contributed by atoms with van der Waals surface area (Å²) in [5.74, 6) is -0.330. The van der Waals surface area contributed by atoms with Crippen molar-refractivity contribution < 1.29 is 9.72 Å². The number of carbonyl (C=O) groups is 1. The van der Waals surface area contributed by atoms with Crippen LogP contribution in [0.4, 0.5) is 16.5 Å². The number of benzene rings is 3. The second-order valence-corrected chi connectivity index (χ2v) is 10.1. The summed E-state index contributed by atoms with van der Waals surface area (Å²) in [4.78, 5) is 28.0. The minimum Gasteiger partial charge on any atom is -0.332 e. The first-order chi connectivity index (χ1) is 19.3. The summed E-state index contributed by atoms with van der Waals surface area (Å²) in [5.41, 5.74) is 10.2. The van der Waals surface area contributed by atoms with Gasteiger partial charge < -0.3 is 9.88 Å². The molecule has 0 spiro atoms. The van der Waals surface area contributed by atoms with Gasteiger partial charge >= 0.3 is 0 Å². The molecule has 0 atom stereocenters. The number of hydrogen-bond acceptors (Lipinski definition) is 7. The van der Waals surface area contributed by atoms with E-state index >= 15 is 0 Å². The van der Waals surface area contributed by atoms with Crippen LogP contribution in [-0.4, -0.2) is 26.6 Å². The van der Waals surface area contributed by atoms with E-state index in [1.807, 2.05) is 79.2 Å². The molecule has 0 saturated heterocycles. The van der Waals surface area contributed by atoms with Crippen LogP contribution in [-0.2, 0) is 0 Å². The Kier molecular flexibility index (Phi) is 7.52. The summed E-state index contributed by atoms with van der Waals surface area (Å²) in [6.45, 7) is 5.73. The molecule has 3 aromatic carbocycles. The highest BCUT2D eigenvalue weighted by atomic mass is 32.1. The Morgan fingerprint density at radius 1 is 1.02 bits per heavy atom. The number of aromatic nitrogens is 2. The number of thiazole rings is 1. The smallest absolute Gasteiger partial charge is 0.271 e. The minimum atomic E-state index is -0.403. The molecule has 1 amide bonds. The van der Waals surface area contributed by atoms with Crippen LogP contribution < -0.4 is 10.7 Å². The van der Waals surface area contributed by atoms with E-state index in [0.717, 1.165) is 50.3 Å². The number of hydrogen-bond donors (Lipinski definition) is 2. The third kappa shape index (κ3) is 5.67. The van der Waals surface area contributed by atoms with Crippen LogP contribution in [0, 0.1) is 30.9 Å². The summed E-state index contributed by atoms with van der Waals surface area (Å²) in [7, 11) is 0. The predicted molar refractivity (Wildman–Crippen MR) is 159 cm³/mol. The maximum Gasteiger partial charge on any atom is 0.271 e. The van der Waals surface area contributed by atoms with Crippen LogP contribution in [0.2, 0.25) is 0 Å². The summed E-state index contributed by atoms with van der Waals surface area (Å²) >= 11 is 1.51. The van der Waals surface area contributed by atoms with Crippen molar-refractivity contribution in [3.05, 3.63) is 122 Å². The Bertz CT molecular complexity index is 1720. The first-order valence-electron chi connectivity index (χ1n) is 12.5. The Hall–Kier alpha value is -5.09. The lowest BCUT2D eigenvalue weighted by molar-refractivity contribution is -0.384. The molecule has 0 bridgehead atoms. The minimum absolute atomic E-state index is 0.0532. The lowest BCUT2D eigenvalue weighted by atomic mass is 10.1. The van der Waals surface area contributed by atoms with E-state index in [2.05, 4.69) is 20.8 Å². The first kappa shape index (κ1) is 26.5. The Labute approximate surface area is 235 Å². The average Bonchev–Trinajstić information content (AvgIpc) is 3.53. The second kappa shape index (κ2) is 11.3. The largest absolute Gasteiger partial charge is 0.332 e. The Morgan fingerprint density at radius 2 is 1.77 bits per heavy atom. The van der Waals surface area contributed by atoms with E-state index in [-0.39, 0.29) is 11.6 Å². The van der Waals surface area contributed by atoms with Crippen LogP contribution in [0.25, 0.3) is 16.9 Å². The normalized spacial score (nSPS) is 11.1. The third-order valence-electron chi connectivity index (χ3n) is 6.44. The van der Waals surface area contributed by atoms with Gasteiger partial charge in [-0.15, -0.1) is 11.3 Å². The highest BCUT2D eigenvalue weighted by Crippen LogP contribution is 2.28. The SMILES string of the molecule is Cc1cc([N+](=O)[O-])ccc1-n1c(C)cc(/C=N/NC(=O)c2ccc(Nc3nc(-c4ccccc4)cs3)cc2)c1C. The van der Waals surface area contributed by atoms with Gasteiger partial charge in [0.15, 0.2) is 5.13 Å². The molecule has 0 saturated carbocycles. The number of nitrogens with zero attached hydrogens (tertiary/aromatic N) is 4. The van der Waals surface area contributed by atoms with Gasteiger partial charge in [-0.1, -0.05) is 30.3 Å². The number of nitro benzene ring substituents is 1. The fraction of sp³-hybridized carbons (Fsp3) is 0.100. The Morgan fingerprint density at radius 3 is 2.48 bits per heavy atom. The molecule has 0 radical (unpaired) electrons. The lowest BCUT2D eigenvalue weighted by Gasteiger charge is -2.12. The van der Waals surface area contributed by atoms with Crippen molar-refractivity contribution in [1.29, 1.82) is 0 Å². The zero-order chi connectivity index (χ0) is 28.2. The molecule has 2 heterocycles. The number of non-ortho nitro benzene ring substituents is 1. The summed E-state index contributed by atoms with van der Waals surface area (Å²) in [6.07, 6.45) is 1.60. The first-order valence-corrected chi connectivity index (χ1v) is 13.3. The van der Waals surface area contributed by atoms with Crippen LogP contribution >= 0.6 is 11.3 Å². The number of carbonyl (C=O) groups excluding carboxylic acids is 1. The number of rotatable bonds is 8. The van der Waals surface area contributed by atoms with Crippen molar-refractivity contribution in [3.8, 4) is 16.9 Å². The summed E-state index contributed by atoms with van der Waals surface area (Å²) in [5, 5.41) is 21.3. The average molecular weight is 551 g/mol. The standard InChI is InChI=1S/C30H26N6O3S/c1-19-15-26(36(38)39)13-14-28(19)35-20(2)16-24(21(35)3)17-31-34-29(37)23-9-11-25(12-10-23)32-30-33-27(18-40-30)22-7-5-4-6-8-22/h4-18H,1-3H3,(H,32,33)(H,34,37)/b31-17+. The van der Waals surface area contributed by atoms with E-state index in [0.29, 0.717) is 5.56 Å². The van der Waals surface area contributed by atoms with Crippen molar-refractivity contribution in [2.24, 2.45) is 5.10 Å². The zero-order valence-corrected chi connectivity index (χ0v) is 22.9. The van der Waals surface area contributed by atoms with Crippen molar-refractivity contribution in [3.63, 3.8) is 0 Å². The fourth-order valence-corrected chi connectivity index (χ4v) is 5.16. The quantitative estimate of drug-likeness (QED) is 0.123. The molecule has 0 aliphatic heterocycles. The van der Waals surface area contributed by atoms with Gasteiger partial charge in [0.2, 0.25) is 0 Å². The van der Waals surface area contributed by atoms with Gasteiger partial charge in [-0.3, -0.25) is 14.9 Å². The van der Waals surface area contributed by atoms with Crippen molar-refractivity contribution in [1.82, 2.24) is 15.0 Å².